The van der Waals surface area contributed by atoms with Crippen molar-refractivity contribution < 1.29 is 14.6 Å². The Bertz CT molecular complexity index is 99.5. The Morgan fingerprint density at radius 1 is 1.62 bits per heavy atom. The molecule has 0 saturated heterocycles. The van der Waals surface area contributed by atoms with Crippen LogP contribution in [0.3, 0.4) is 0 Å². The SMILES string of the molecule is NC(=O)OOC1CC1. The van der Waals surface area contributed by atoms with Crippen LogP contribution in [0.5, 0.6) is 0 Å². The van der Waals surface area contributed by atoms with Crippen molar-refractivity contribution in [3.05, 3.63) is 0 Å². The van der Waals surface area contributed by atoms with Crippen LogP contribution in [0.25, 0.3) is 0 Å². The Morgan fingerprint density at radius 2 is 2.25 bits per heavy atom. The summed E-state index contributed by atoms with van der Waals surface area (Å²) >= 11 is 0. The van der Waals surface area contributed by atoms with Gasteiger partial charge in [0, 0.05) is 0 Å². The Hall–Kier alpha value is -0.770. The molecule has 0 aromatic carbocycles. The highest BCUT2D eigenvalue weighted by molar-refractivity contribution is 5.63. The van der Waals surface area contributed by atoms with Gasteiger partial charge in [0.2, 0.25) is 0 Å². The third-order valence-electron chi connectivity index (χ3n) is 0.791. The largest absolute Gasteiger partial charge is 0.436 e. The van der Waals surface area contributed by atoms with Crippen molar-refractivity contribution in [1.82, 2.24) is 0 Å². The fraction of sp³-hybridized carbons (Fsp3) is 0.750. The van der Waals surface area contributed by atoms with E-state index in [-0.39, 0.29) is 6.10 Å². The predicted molar refractivity (Wildman–Crippen MR) is 24.8 cm³/mol. The Labute approximate surface area is 46.5 Å². The lowest BCUT2D eigenvalue weighted by molar-refractivity contribution is -0.245. The number of rotatable bonds is 2. The summed E-state index contributed by atoms with van der Waals surface area (Å²) in [5.74, 6) is 0. The molecule has 1 amide bonds. The Morgan fingerprint density at radius 3 is 2.62 bits per heavy atom. The molecule has 4 nitrogen and oxygen atoms in total. The summed E-state index contributed by atoms with van der Waals surface area (Å²) in [5.41, 5.74) is 4.58. The Balaban J connectivity index is 1.95. The molecule has 1 fully saturated rings. The summed E-state index contributed by atoms with van der Waals surface area (Å²) in [7, 11) is 0. The maximum absolute atomic E-state index is 9.81. The van der Waals surface area contributed by atoms with Crippen molar-refractivity contribution in [2.24, 2.45) is 5.73 Å². The lowest BCUT2D eigenvalue weighted by Gasteiger charge is -1.94. The lowest BCUT2D eigenvalue weighted by atomic mass is 10.9. The van der Waals surface area contributed by atoms with Gasteiger partial charge in [0.1, 0.15) is 6.10 Å². The molecule has 1 aliphatic carbocycles. The second-order valence-electron chi connectivity index (χ2n) is 1.70. The molecule has 1 rings (SSSR count). The topological polar surface area (TPSA) is 61.6 Å². The second-order valence-corrected chi connectivity index (χ2v) is 1.70. The molecule has 0 unspecified atom stereocenters. The maximum Gasteiger partial charge on any atom is 0.436 e. The van der Waals surface area contributed by atoms with Gasteiger partial charge in [-0.2, -0.15) is 4.89 Å². The molecule has 0 aromatic rings. The molecule has 0 radical (unpaired) electrons. The van der Waals surface area contributed by atoms with E-state index >= 15 is 0 Å². The molecular weight excluding hydrogens is 110 g/mol. The van der Waals surface area contributed by atoms with Crippen LogP contribution in [-0.4, -0.2) is 12.2 Å². The third-order valence-corrected chi connectivity index (χ3v) is 0.791. The van der Waals surface area contributed by atoms with Gasteiger partial charge in [0.15, 0.2) is 0 Å². The van der Waals surface area contributed by atoms with Gasteiger partial charge >= 0.3 is 6.09 Å². The van der Waals surface area contributed by atoms with Gasteiger partial charge in [-0.1, -0.05) is 0 Å². The smallest absolute Gasteiger partial charge is 0.333 e. The number of hydrogen-bond acceptors (Lipinski definition) is 3. The minimum Gasteiger partial charge on any atom is -0.333 e. The summed E-state index contributed by atoms with van der Waals surface area (Å²) in [6, 6.07) is 0. The quantitative estimate of drug-likeness (QED) is 0.414. The van der Waals surface area contributed by atoms with E-state index in [0.717, 1.165) is 12.8 Å². The molecule has 0 heterocycles. The van der Waals surface area contributed by atoms with Crippen molar-refractivity contribution in [3.8, 4) is 0 Å². The zero-order chi connectivity index (χ0) is 5.98. The van der Waals surface area contributed by atoms with Crippen molar-refractivity contribution >= 4 is 6.09 Å². The maximum atomic E-state index is 9.81. The first-order chi connectivity index (χ1) is 3.79. The molecule has 0 aliphatic heterocycles. The Kier molecular flexibility index (Phi) is 1.34. The summed E-state index contributed by atoms with van der Waals surface area (Å²) < 4.78 is 0. The zero-order valence-corrected chi connectivity index (χ0v) is 4.29. The van der Waals surface area contributed by atoms with Gasteiger partial charge in [-0.3, -0.25) is 4.89 Å². The van der Waals surface area contributed by atoms with Crippen molar-refractivity contribution in [2.45, 2.75) is 18.9 Å². The van der Waals surface area contributed by atoms with Crippen LogP contribution in [0.15, 0.2) is 0 Å². The number of amides is 1. The van der Waals surface area contributed by atoms with Gasteiger partial charge in [-0.15, -0.1) is 0 Å². The van der Waals surface area contributed by atoms with Crippen LogP contribution in [-0.2, 0) is 9.78 Å². The normalized spacial score (nSPS) is 18.0. The second kappa shape index (κ2) is 2.00. The highest BCUT2D eigenvalue weighted by atomic mass is 17.2. The average Bonchev–Trinajstić information content (AvgIpc) is 2.41. The zero-order valence-electron chi connectivity index (χ0n) is 4.29. The average molecular weight is 117 g/mol. The van der Waals surface area contributed by atoms with Crippen LogP contribution in [0.1, 0.15) is 12.8 Å². The minimum atomic E-state index is -0.878. The summed E-state index contributed by atoms with van der Waals surface area (Å²) in [6.07, 6.45) is 1.17. The number of carbonyl (C=O) groups is 1. The van der Waals surface area contributed by atoms with Crippen LogP contribution >= 0.6 is 0 Å². The molecule has 0 bridgehead atoms. The summed E-state index contributed by atoms with van der Waals surface area (Å²) in [4.78, 5) is 18.3. The fourth-order valence-electron chi connectivity index (χ4n) is 0.280. The van der Waals surface area contributed by atoms with Gasteiger partial charge in [0.25, 0.3) is 0 Å². The number of carbonyl (C=O) groups excluding carboxylic acids is 1. The van der Waals surface area contributed by atoms with Gasteiger partial charge in [0.05, 0.1) is 0 Å². The molecule has 0 atom stereocenters. The van der Waals surface area contributed by atoms with E-state index in [2.05, 4.69) is 15.5 Å². The molecule has 46 valence electrons. The van der Waals surface area contributed by atoms with Crippen molar-refractivity contribution in [1.29, 1.82) is 0 Å². The molecule has 0 aromatic heterocycles. The predicted octanol–water partition coefficient (Wildman–Crippen LogP) is 0.176. The molecule has 8 heavy (non-hydrogen) atoms. The van der Waals surface area contributed by atoms with Crippen molar-refractivity contribution in [2.75, 3.05) is 0 Å². The first-order valence-corrected chi connectivity index (χ1v) is 2.42. The van der Waals surface area contributed by atoms with Crippen LogP contribution < -0.4 is 5.73 Å². The first-order valence-electron chi connectivity index (χ1n) is 2.42. The van der Waals surface area contributed by atoms with Crippen molar-refractivity contribution in [3.63, 3.8) is 0 Å². The van der Waals surface area contributed by atoms with E-state index in [1.165, 1.54) is 0 Å². The third kappa shape index (κ3) is 1.79. The van der Waals surface area contributed by atoms with E-state index < -0.39 is 6.09 Å². The highest BCUT2D eigenvalue weighted by Gasteiger charge is 2.24. The van der Waals surface area contributed by atoms with Crippen LogP contribution in [0.2, 0.25) is 0 Å². The van der Waals surface area contributed by atoms with Gasteiger partial charge in [-0.05, 0) is 12.8 Å². The summed E-state index contributed by atoms with van der Waals surface area (Å²) in [6.45, 7) is 0. The van der Waals surface area contributed by atoms with E-state index in [9.17, 15) is 4.79 Å². The molecule has 1 saturated carbocycles. The molecule has 2 N–H and O–H groups in total. The monoisotopic (exact) mass is 117 g/mol. The first kappa shape index (κ1) is 5.37. The van der Waals surface area contributed by atoms with Crippen LogP contribution in [0.4, 0.5) is 4.79 Å². The standard InChI is InChI=1S/C4H7NO3/c5-4(6)8-7-3-1-2-3/h3H,1-2H2,(H2,5,6). The number of primary amides is 1. The molecule has 4 heteroatoms. The minimum absolute atomic E-state index is 0.113. The summed E-state index contributed by atoms with van der Waals surface area (Å²) in [5, 5.41) is 0. The van der Waals surface area contributed by atoms with E-state index in [4.69, 9.17) is 0 Å². The molecule has 1 aliphatic rings. The van der Waals surface area contributed by atoms with E-state index in [1.807, 2.05) is 0 Å². The fourth-order valence-corrected chi connectivity index (χ4v) is 0.280. The van der Waals surface area contributed by atoms with Crippen LogP contribution in [0, 0.1) is 0 Å². The highest BCUT2D eigenvalue weighted by Crippen LogP contribution is 2.23. The number of hydrogen-bond donors (Lipinski definition) is 1. The number of nitrogens with two attached hydrogens (primary N) is 1. The van der Waals surface area contributed by atoms with E-state index in [0.29, 0.717) is 0 Å². The van der Waals surface area contributed by atoms with Gasteiger partial charge < -0.3 is 5.73 Å². The van der Waals surface area contributed by atoms with Gasteiger partial charge in [-0.25, -0.2) is 4.79 Å². The lowest BCUT2D eigenvalue weighted by Crippen LogP contribution is -2.13. The van der Waals surface area contributed by atoms with E-state index in [1.54, 1.807) is 0 Å². The molecular formula is C4H7NO3. The molecule has 0 spiro atoms.